The van der Waals surface area contributed by atoms with Crippen molar-refractivity contribution in [1.82, 2.24) is 9.55 Å². The van der Waals surface area contributed by atoms with Gasteiger partial charge in [0.1, 0.15) is 6.23 Å². The molecule has 0 aliphatic carbocycles. The molecule has 1 unspecified atom stereocenters. The number of aliphatic hydroxyl groups excluding tert-OH is 1. The summed E-state index contributed by atoms with van der Waals surface area (Å²) in [4.78, 5) is 24.9. The predicted molar refractivity (Wildman–Crippen MR) is 68.6 cm³/mol. The van der Waals surface area contributed by atoms with E-state index >= 15 is 0 Å². The molecule has 0 amide bonds. The van der Waals surface area contributed by atoms with Gasteiger partial charge in [0.2, 0.25) is 0 Å². The van der Waals surface area contributed by atoms with Gasteiger partial charge in [0.25, 0.3) is 5.56 Å². The van der Waals surface area contributed by atoms with Crippen molar-refractivity contribution in [2.24, 2.45) is 0 Å². The Kier molecular flexibility index (Phi) is 3.88. The molecule has 1 aliphatic heterocycles. The van der Waals surface area contributed by atoms with Crippen LogP contribution < -0.4 is 11.2 Å². The molecule has 1 aromatic rings. The molecule has 0 aromatic carbocycles. The van der Waals surface area contributed by atoms with Crippen molar-refractivity contribution < 1.29 is 9.84 Å². The van der Waals surface area contributed by atoms with E-state index in [9.17, 15) is 14.7 Å². The van der Waals surface area contributed by atoms with Gasteiger partial charge in [-0.05, 0) is 19.3 Å². The van der Waals surface area contributed by atoms with Crippen LogP contribution in [0.15, 0.2) is 21.9 Å². The minimum atomic E-state index is -0.688. The van der Waals surface area contributed by atoms with Crippen LogP contribution in [0.5, 0.6) is 0 Å². The molecule has 0 spiro atoms. The predicted octanol–water partition coefficient (Wildman–Crippen LogP) is -0.00990. The summed E-state index contributed by atoms with van der Waals surface area (Å²) in [5.74, 6) is 2.52. The number of terminal acetylenes is 1. The summed E-state index contributed by atoms with van der Waals surface area (Å²) >= 11 is 0. The number of hydrogen-bond acceptors (Lipinski definition) is 4. The summed E-state index contributed by atoms with van der Waals surface area (Å²) in [5.41, 5.74) is -1.64. The summed E-state index contributed by atoms with van der Waals surface area (Å²) < 4.78 is 7.13. The van der Waals surface area contributed by atoms with Gasteiger partial charge < -0.3 is 9.84 Å². The lowest BCUT2D eigenvalue weighted by Gasteiger charge is -2.26. The van der Waals surface area contributed by atoms with Crippen molar-refractivity contribution in [3.8, 4) is 12.3 Å². The molecule has 1 fully saturated rings. The maximum absolute atomic E-state index is 11.7. The Bertz CT molecular complexity index is 598. The summed E-state index contributed by atoms with van der Waals surface area (Å²) in [6.07, 6.45) is 8.43. The Morgan fingerprint density at radius 1 is 1.63 bits per heavy atom. The van der Waals surface area contributed by atoms with E-state index in [-0.39, 0.29) is 6.61 Å². The van der Waals surface area contributed by atoms with E-state index in [4.69, 9.17) is 11.2 Å². The molecule has 6 heteroatoms. The van der Waals surface area contributed by atoms with Gasteiger partial charge in [-0.25, -0.2) is 4.79 Å². The van der Waals surface area contributed by atoms with E-state index < -0.39 is 23.1 Å². The van der Waals surface area contributed by atoms with E-state index in [0.29, 0.717) is 25.7 Å². The number of hydrogen-bond donors (Lipinski definition) is 2. The third-order valence-corrected chi connectivity index (χ3v) is 3.41. The second-order valence-electron chi connectivity index (χ2n) is 4.67. The molecule has 2 rings (SSSR count). The zero-order valence-electron chi connectivity index (χ0n) is 10.5. The number of ether oxygens (including phenoxy) is 1. The summed E-state index contributed by atoms with van der Waals surface area (Å²) in [6.45, 7) is -0.136. The van der Waals surface area contributed by atoms with Gasteiger partial charge in [0.15, 0.2) is 0 Å². The van der Waals surface area contributed by atoms with Gasteiger partial charge in [-0.2, -0.15) is 0 Å². The molecule has 102 valence electrons. The van der Waals surface area contributed by atoms with Crippen LogP contribution >= 0.6 is 0 Å². The van der Waals surface area contributed by atoms with Gasteiger partial charge in [0.05, 0.1) is 12.2 Å². The molecule has 19 heavy (non-hydrogen) atoms. The molecular weight excluding hydrogens is 248 g/mol. The maximum atomic E-state index is 11.7. The van der Waals surface area contributed by atoms with Crippen LogP contribution in [0.25, 0.3) is 0 Å². The Morgan fingerprint density at radius 3 is 3.05 bits per heavy atom. The lowest BCUT2D eigenvalue weighted by molar-refractivity contribution is -0.103. The van der Waals surface area contributed by atoms with Crippen LogP contribution in [0.1, 0.15) is 31.9 Å². The van der Waals surface area contributed by atoms with Crippen molar-refractivity contribution >= 4 is 0 Å². The van der Waals surface area contributed by atoms with Crippen LogP contribution in [-0.2, 0) is 4.74 Å². The van der Waals surface area contributed by atoms with E-state index in [0.717, 1.165) is 0 Å². The fourth-order valence-electron chi connectivity index (χ4n) is 2.32. The smallest absolute Gasteiger partial charge is 0.330 e. The molecule has 2 atom stereocenters. The third-order valence-electron chi connectivity index (χ3n) is 3.41. The first-order valence-corrected chi connectivity index (χ1v) is 6.14. The number of aliphatic hydroxyl groups is 1. The molecule has 0 saturated carbocycles. The minimum Gasteiger partial charge on any atom is -0.393 e. The monoisotopic (exact) mass is 264 g/mol. The largest absolute Gasteiger partial charge is 0.393 e. The van der Waals surface area contributed by atoms with Crippen LogP contribution in [0.2, 0.25) is 0 Å². The normalized spacial score (nSPS) is 26.2. The zero-order chi connectivity index (χ0) is 13.9. The van der Waals surface area contributed by atoms with Gasteiger partial charge in [-0.3, -0.25) is 14.3 Å². The molecule has 1 aromatic heterocycles. The first kappa shape index (κ1) is 13.6. The Labute approximate surface area is 110 Å². The Morgan fingerprint density at radius 2 is 2.42 bits per heavy atom. The van der Waals surface area contributed by atoms with E-state index in [2.05, 4.69) is 10.9 Å². The average Bonchev–Trinajstić information content (AvgIpc) is 2.81. The van der Waals surface area contributed by atoms with Crippen molar-refractivity contribution in [3.63, 3.8) is 0 Å². The van der Waals surface area contributed by atoms with E-state index in [1.807, 2.05) is 0 Å². The van der Waals surface area contributed by atoms with Gasteiger partial charge in [-0.15, -0.1) is 12.3 Å². The van der Waals surface area contributed by atoms with Crippen molar-refractivity contribution in [2.75, 3.05) is 6.61 Å². The number of rotatable bonds is 4. The average molecular weight is 264 g/mol. The first-order chi connectivity index (χ1) is 9.10. The maximum Gasteiger partial charge on any atom is 0.330 e. The Balaban J connectivity index is 2.19. The minimum absolute atomic E-state index is 0.136. The highest BCUT2D eigenvalue weighted by Gasteiger charge is 2.40. The van der Waals surface area contributed by atoms with Gasteiger partial charge in [-0.1, -0.05) is 0 Å². The van der Waals surface area contributed by atoms with Crippen molar-refractivity contribution in [2.45, 2.75) is 37.5 Å². The standard InChI is InChI=1S/C13H16N2O4/c1-2-3-6-13(9-16)7-4-11(19-13)15-8-5-10(17)14-12(15)18/h1,5,8,11,16H,3-4,6-7,9H2,(H,14,17,18)/t11?,13-/m0/s1. The second-order valence-corrected chi connectivity index (χ2v) is 4.67. The number of aromatic amines is 1. The molecule has 0 radical (unpaired) electrons. The number of H-pyrrole nitrogens is 1. The van der Waals surface area contributed by atoms with Crippen LogP contribution in [0.3, 0.4) is 0 Å². The van der Waals surface area contributed by atoms with Gasteiger partial charge in [0, 0.05) is 18.7 Å². The summed E-state index contributed by atoms with van der Waals surface area (Å²) in [7, 11) is 0. The summed E-state index contributed by atoms with van der Waals surface area (Å²) in [5, 5.41) is 9.48. The lowest BCUT2D eigenvalue weighted by Crippen LogP contribution is -2.36. The highest BCUT2D eigenvalue weighted by atomic mass is 16.5. The zero-order valence-corrected chi connectivity index (χ0v) is 10.5. The van der Waals surface area contributed by atoms with Crippen LogP contribution in [-0.4, -0.2) is 26.9 Å². The summed E-state index contributed by atoms with van der Waals surface area (Å²) in [6, 6.07) is 1.27. The second kappa shape index (κ2) is 5.43. The third kappa shape index (κ3) is 2.78. The Hall–Kier alpha value is -1.84. The molecule has 1 saturated heterocycles. The molecule has 2 N–H and O–H groups in total. The number of nitrogens with one attached hydrogen (secondary N) is 1. The highest BCUT2D eigenvalue weighted by Crippen LogP contribution is 2.38. The molecule has 1 aliphatic rings. The molecule has 6 nitrogen and oxygen atoms in total. The molecule has 0 bridgehead atoms. The number of nitrogens with zero attached hydrogens (tertiary/aromatic N) is 1. The molecule has 2 heterocycles. The number of aromatic nitrogens is 2. The van der Waals surface area contributed by atoms with E-state index in [1.165, 1.54) is 16.8 Å². The topological polar surface area (TPSA) is 84.3 Å². The van der Waals surface area contributed by atoms with Crippen LogP contribution in [0, 0.1) is 12.3 Å². The van der Waals surface area contributed by atoms with Gasteiger partial charge >= 0.3 is 5.69 Å². The fraction of sp³-hybridized carbons (Fsp3) is 0.538. The van der Waals surface area contributed by atoms with Crippen LogP contribution in [0.4, 0.5) is 0 Å². The van der Waals surface area contributed by atoms with Crippen molar-refractivity contribution in [1.29, 1.82) is 0 Å². The highest BCUT2D eigenvalue weighted by molar-refractivity contribution is 4.95. The quantitative estimate of drug-likeness (QED) is 0.749. The fourth-order valence-corrected chi connectivity index (χ4v) is 2.32. The molecular formula is C13H16N2O4. The van der Waals surface area contributed by atoms with Crippen molar-refractivity contribution in [3.05, 3.63) is 33.1 Å². The lowest BCUT2D eigenvalue weighted by atomic mass is 9.95. The SMILES string of the molecule is C#CCC[C@@]1(CO)CCC(n2ccc(=O)[nH]c2=O)O1. The van der Waals surface area contributed by atoms with E-state index in [1.54, 1.807) is 0 Å². The first-order valence-electron chi connectivity index (χ1n) is 6.14.